The smallest absolute Gasteiger partial charge is 0.273 e. The number of nitrogens with zero attached hydrogens (tertiary/aromatic N) is 2. The van der Waals surface area contributed by atoms with Crippen LogP contribution in [0.25, 0.3) is 0 Å². The summed E-state index contributed by atoms with van der Waals surface area (Å²) in [6.07, 6.45) is 1.55. The molecule has 1 aromatic rings. The summed E-state index contributed by atoms with van der Waals surface area (Å²) in [6, 6.07) is 0. The minimum atomic E-state index is -0.328. The number of hydrogen-bond acceptors (Lipinski definition) is 4. The summed E-state index contributed by atoms with van der Waals surface area (Å²) >= 11 is 0.904. The summed E-state index contributed by atoms with van der Waals surface area (Å²) in [6.45, 7) is 3.87. The molecule has 0 aromatic carbocycles. The largest absolute Gasteiger partial charge is 0.287 e. The van der Waals surface area contributed by atoms with Crippen molar-refractivity contribution < 1.29 is 4.79 Å². The van der Waals surface area contributed by atoms with Gasteiger partial charge < -0.3 is 0 Å². The van der Waals surface area contributed by atoms with Gasteiger partial charge in [-0.2, -0.15) is 8.33 Å². The average molecular weight is 186 g/mol. The Morgan fingerprint density at radius 3 is 2.83 bits per heavy atom. The van der Waals surface area contributed by atoms with Crippen LogP contribution in [-0.2, 0) is 0 Å². The molecule has 0 fully saturated rings. The normalized spacial score (nSPS) is 10.6. The Labute approximate surface area is 74.2 Å². The van der Waals surface area contributed by atoms with Crippen molar-refractivity contribution in [2.45, 2.75) is 20.3 Å². The van der Waals surface area contributed by atoms with Crippen molar-refractivity contribution in [2.75, 3.05) is 0 Å². The Kier molecular flexibility index (Phi) is 2.75. The van der Waals surface area contributed by atoms with E-state index in [-0.39, 0.29) is 17.4 Å². The lowest BCUT2D eigenvalue weighted by Crippen LogP contribution is -2.21. The maximum absolute atomic E-state index is 11.3. The number of hydrogen-bond donors (Lipinski definition) is 0. The molecule has 0 aliphatic heterocycles. The molecule has 0 N–H and O–H groups in total. The minimum Gasteiger partial charge on any atom is -0.273 e. The summed E-state index contributed by atoms with van der Waals surface area (Å²) < 4.78 is 4.70. The second kappa shape index (κ2) is 3.62. The fraction of sp³-hybridized carbons (Fsp3) is 0.571. The molecule has 1 aromatic heterocycles. The fourth-order valence-corrected chi connectivity index (χ4v) is 1.33. The highest BCUT2D eigenvalue weighted by Crippen LogP contribution is 2.02. The highest BCUT2D eigenvalue weighted by molar-refractivity contribution is 7.01. The molecular formula is C7H10N2O2S. The lowest BCUT2D eigenvalue weighted by molar-refractivity contribution is 0.0896. The monoisotopic (exact) mass is 186 g/mol. The molecule has 1 heterocycles. The van der Waals surface area contributed by atoms with Crippen LogP contribution in [0, 0.1) is 5.92 Å². The van der Waals surface area contributed by atoms with E-state index in [1.165, 1.54) is 0 Å². The lowest BCUT2D eigenvalue weighted by atomic mass is 10.1. The first-order valence-electron chi connectivity index (χ1n) is 3.68. The molecular weight excluding hydrogens is 176 g/mol. The Balaban J connectivity index is 2.79. The van der Waals surface area contributed by atoms with Gasteiger partial charge in [-0.1, -0.05) is 13.8 Å². The second-order valence-electron chi connectivity index (χ2n) is 2.94. The van der Waals surface area contributed by atoms with Crippen molar-refractivity contribution in [3.8, 4) is 0 Å². The van der Waals surface area contributed by atoms with Gasteiger partial charge in [0.1, 0.15) is 6.20 Å². The Hall–Kier alpha value is -0.970. The predicted octanol–water partition coefficient (Wildman–Crippen LogP) is 0.991. The van der Waals surface area contributed by atoms with Gasteiger partial charge in [0.15, 0.2) is 0 Å². The van der Waals surface area contributed by atoms with Gasteiger partial charge in [0.25, 0.3) is 5.56 Å². The van der Waals surface area contributed by atoms with E-state index in [0.29, 0.717) is 6.42 Å². The average Bonchev–Trinajstić information content (AvgIpc) is 2.33. The van der Waals surface area contributed by atoms with Gasteiger partial charge >= 0.3 is 0 Å². The van der Waals surface area contributed by atoms with Gasteiger partial charge in [0.2, 0.25) is 5.91 Å². The molecule has 0 bridgehead atoms. The summed E-state index contributed by atoms with van der Waals surface area (Å²) in [5, 5.41) is 0. The quantitative estimate of drug-likeness (QED) is 0.692. The summed E-state index contributed by atoms with van der Waals surface area (Å²) in [4.78, 5) is 22.2. The van der Waals surface area contributed by atoms with Gasteiger partial charge in [0.05, 0.1) is 11.7 Å². The Bertz CT molecular complexity index is 326. The van der Waals surface area contributed by atoms with Crippen molar-refractivity contribution in [1.29, 1.82) is 0 Å². The van der Waals surface area contributed by atoms with Crippen molar-refractivity contribution in [1.82, 2.24) is 8.33 Å². The van der Waals surface area contributed by atoms with Crippen LogP contribution in [0.4, 0.5) is 0 Å². The maximum atomic E-state index is 11.3. The zero-order valence-corrected chi connectivity index (χ0v) is 7.80. The molecule has 66 valence electrons. The molecule has 0 atom stereocenters. The van der Waals surface area contributed by atoms with Crippen molar-refractivity contribution in [3.63, 3.8) is 0 Å². The van der Waals surface area contributed by atoms with Crippen LogP contribution in [-0.4, -0.2) is 14.2 Å². The first-order valence-corrected chi connectivity index (χ1v) is 4.41. The molecule has 0 saturated carbocycles. The molecule has 12 heavy (non-hydrogen) atoms. The number of carbonyl (C=O) groups excluding carboxylic acids is 1. The lowest BCUT2D eigenvalue weighted by Gasteiger charge is -2.00. The van der Waals surface area contributed by atoms with Gasteiger partial charge in [-0.25, -0.2) is 0 Å². The van der Waals surface area contributed by atoms with Crippen molar-refractivity contribution in [3.05, 3.63) is 16.6 Å². The molecule has 0 amide bonds. The maximum Gasteiger partial charge on any atom is 0.287 e. The Morgan fingerprint density at radius 1 is 1.75 bits per heavy atom. The number of rotatable bonds is 2. The third-order valence-electron chi connectivity index (χ3n) is 1.30. The SMILES string of the molecule is CC(C)CC(=O)n1sncc1=O. The number of carbonyl (C=O) groups is 1. The third-order valence-corrected chi connectivity index (χ3v) is 2.05. The van der Waals surface area contributed by atoms with E-state index in [1.54, 1.807) is 0 Å². The summed E-state index contributed by atoms with van der Waals surface area (Å²) in [5.41, 5.74) is -0.328. The van der Waals surface area contributed by atoms with Crippen LogP contribution in [0.15, 0.2) is 11.0 Å². The minimum absolute atomic E-state index is 0.169. The van der Waals surface area contributed by atoms with E-state index in [4.69, 9.17) is 0 Å². The first kappa shape index (κ1) is 9.12. The van der Waals surface area contributed by atoms with Gasteiger partial charge in [0, 0.05) is 6.42 Å². The molecule has 0 unspecified atom stereocenters. The van der Waals surface area contributed by atoms with E-state index in [9.17, 15) is 9.59 Å². The van der Waals surface area contributed by atoms with E-state index >= 15 is 0 Å². The van der Waals surface area contributed by atoms with Gasteiger partial charge in [-0.15, -0.1) is 0 Å². The van der Waals surface area contributed by atoms with E-state index < -0.39 is 0 Å². The van der Waals surface area contributed by atoms with Crippen LogP contribution < -0.4 is 5.56 Å². The van der Waals surface area contributed by atoms with Crippen molar-refractivity contribution in [2.24, 2.45) is 5.92 Å². The molecule has 0 saturated heterocycles. The molecule has 0 spiro atoms. The zero-order chi connectivity index (χ0) is 9.14. The van der Waals surface area contributed by atoms with E-state index in [0.717, 1.165) is 21.9 Å². The van der Waals surface area contributed by atoms with Crippen LogP contribution >= 0.6 is 11.7 Å². The van der Waals surface area contributed by atoms with Gasteiger partial charge in [-0.05, 0) is 5.92 Å². The van der Waals surface area contributed by atoms with E-state index in [1.807, 2.05) is 13.8 Å². The molecule has 0 aliphatic carbocycles. The molecule has 0 aliphatic rings. The molecule has 1 rings (SSSR count). The molecule has 4 nitrogen and oxygen atoms in total. The van der Waals surface area contributed by atoms with Crippen molar-refractivity contribution >= 4 is 17.6 Å². The summed E-state index contributed by atoms with van der Waals surface area (Å²) in [7, 11) is 0. The van der Waals surface area contributed by atoms with Crippen LogP contribution in [0.1, 0.15) is 25.1 Å². The molecule has 0 radical (unpaired) electrons. The zero-order valence-electron chi connectivity index (χ0n) is 6.98. The van der Waals surface area contributed by atoms with Gasteiger partial charge in [-0.3, -0.25) is 9.59 Å². The number of aromatic nitrogens is 2. The second-order valence-corrected chi connectivity index (χ2v) is 3.68. The van der Waals surface area contributed by atoms with Crippen LogP contribution in [0.2, 0.25) is 0 Å². The third kappa shape index (κ3) is 2.01. The topological polar surface area (TPSA) is 52.0 Å². The Morgan fingerprint density at radius 2 is 2.42 bits per heavy atom. The van der Waals surface area contributed by atoms with Crippen LogP contribution in [0.5, 0.6) is 0 Å². The highest BCUT2D eigenvalue weighted by atomic mass is 32.1. The van der Waals surface area contributed by atoms with E-state index in [2.05, 4.69) is 4.37 Å². The van der Waals surface area contributed by atoms with Crippen LogP contribution in [0.3, 0.4) is 0 Å². The standard InChI is InChI=1S/C7H10N2O2S/c1-5(2)3-6(10)9-7(11)4-8-12-9/h4-5H,3H2,1-2H3. The molecule has 5 heteroatoms. The first-order chi connectivity index (χ1) is 5.61. The summed E-state index contributed by atoms with van der Waals surface area (Å²) in [5.74, 6) is 0.101. The predicted molar refractivity (Wildman–Crippen MR) is 46.5 cm³/mol. The fourth-order valence-electron chi connectivity index (χ4n) is 0.809. The highest BCUT2D eigenvalue weighted by Gasteiger charge is 2.10.